The first kappa shape index (κ1) is 30.2. The van der Waals surface area contributed by atoms with E-state index in [1.165, 1.54) is 14.2 Å². The molecule has 0 unspecified atom stereocenters. The number of benzene rings is 2. The molecule has 0 bridgehead atoms. The van der Waals surface area contributed by atoms with Gasteiger partial charge in [-0.1, -0.05) is 79.7 Å². The maximum Gasteiger partial charge on any atom is 0.323 e. The molecule has 0 spiro atoms. The van der Waals surface area contributed by atoms with Gasteiger partial charge in [0.1, 0.15) is 11.5 Å². The molecule has 0 saturated carbocycles. The van der Waals surface area contributed by atoms with Gasteiger partial charge >= 0.3 is 11.9 Å². The molecule has 0 atom stereocenters. The minimum atomic E-state index is -1.65. The summed E-state index contributed by atoms with van der Waals surface area (Å²) in [5.74, 6) is -0.700. The van der Waals surface area contributed by atoms with E-state index in [-0.39, 0.29) is 48.0 Å². The topological polar surface area (TPSA) is 93.1 Å². The number of rotatable bonds is 10. The standard InChI is InChI=1S/C31H44O6/c1-17(2)23-11-21(12-24(18(3)4)27(23)32)15-31(29(34)36-9,30(35)37-10)16-22-13-25(19(5)6)28(33)26(14-22)20(7)8/h11-14,17-20,32-33H,15-16H2,1-10H3. The maximum absolute atomic E-state index is 13.4. The zero-order chi connectivity index (χ0) is 28.2. The van der Waals surface area contributed by atoms with Crippen molar-refractivity contribution in [3.8, 4) is 11.5 Å². The third kappa shape index (κ3) is 6.28. The largest absolute Gasteiger partial charge is 0.507 e. The third-order valence-corrected chi connectivity index (χ3v) is 7.11. The summed E-state index contributed by atoms with van der Waals surface area (Å²) in [5, 5.41) is 21.8. The van der Waals surface area contributed by atoms with Crippen molar-refractivity contribution in [2.75, 3.05) is 14.2 Å². The minimum Gasteiger partial charge on any atom is -0.507 e. The van der Waals surface area contributed by atoms with E-state index in [1.807, 2.05) is 79.7 Å². The lowest BCUT2D eigenvalue weighted by Gasteiger charge is -2.30. The molecular weight excluding hydrogens is 468 g/mol. The number of methoxy groups -OCH3 is 2. The molecule has 0 radical (unpaired) electrons. The molecule has 0 fully saturated rings. The molecule has 6 nitrogen and oxygen atoms in total. The molecule has 0 heterocycles. The number of hydrogen-bond acceptors (Lipinski definition) is 6. The molecule has 2 aromatic rings. The second kappa shape index (κ2) is 12.0. The lowest BCUT2D eigenvalue weighted by atomic mass is 9.74. The smallest absolute Gasteiger partial charge is 0.323 e. The Morgan fingerprint density at radius 1 is 0.622 bits per heavy atom. The Balaban J connectivity index is 2.80. The Morgan fingerprint density at radius 2 is 0.865 bits per heavy atom. The van der Waals surface area contributed by atoms with Crippen LogP contribution in [0.3, 0.4) is 0 Å². The van der Waals surface area contributed by atoms with E-state index < -0.39 is 17.4 Å². The number of aromatic hydroxyl groups is 2. The lowest BCUT2D eigenvalue weighted by Crippen LogP contribution is -2.45. The summed E-state index contributed by atoms with van der Waals surface area (Å²) in [6.45, 7) is 16.0. The molecule has 2 rings (SSSR count). The number of carbonyl (C=O) groups excluding carboxylic acids is 2. The van der Waals surface area contributed by atoms with Gasteiger partial charge in [-0.05, 0) is 69.9 Å². The van der Waals surface area contributed by atoms with Gasteiger partial charge in [0, 0.05) is 0 Å². The first-order valence-corrected chi connectivity index (χ1v) is 13.1. The van der Waals surface area contributed by atoms with Crippen LogP contribution in [0.4, 0.5) is 0 Å². The highest BCUT2D eigenvalue weighted by Crippen LogP contribution is 2.40. The van der Waals surface area contributed by atoms with Gasteiger partial charge in [-0.2, -0.15) is 0 Å². The van der Waals surface area contributed by atoms with Crippen molar-refractivity contribution >= 4 is 11.9 Å². The molecule has 0 aliphatic heterocycles. The maximum atomic E-state index is 13.4. The fourth-order valence-corrected chi connectivity index (χ4v) is 4.98. The number of phenols is 2. The van der Waals surface area contributed by atoms with Crippen molar-refractivity contribution in [1.82, 2.24) is 0 Å². The van der Waals surface area contributed by atoms with Gasteiger partial charge in [0.05, 0.1) is 14.2 Å². The SMILES string of the molecule is COC(=O)C(Cc1cc(C(C)C)c(O)c(C(C)C)c1)(Cc1cc(C(C)C)c(O)c(C(C)C)c1)C(=O)OC. The van der Waals surface area contributed by atoms with Crippen LogP contribution in [0, 0.1) is 5.41 Å². The summed E-state index contributed by atoms with van der Waals surface area (Å²) in [5.41, 5.74) is 2.89. The Labute approximate surface area is 222 Å². The Morgan fingerprint density at radius 3 is 1.05 bits per heavy atom. The number of phenolic OH excluding ortho intramolecular Hbond substituents is 2. The van der Waals surface area contributed by atoms with Crippen molar-refractivity contribution < 1.29 is 29.3 Å². The van der Waals surface area contributed by atoms with E-state index in [2.05, 4.69) is 0 Å². The highest BCUT2D eigenvalue weighted by molar-refractivity contribution is 6.00. The number of hydrogen-bond donors (Lipinski definition) is 2. The average Bonchev–Trinajstić information content (AvgIpc) is 2.83. The summed E-state index contributed by atoms with van der Waals surface area (Å²) < 4.78 is 10.4. The first-order chi connectivity index (χ1) is 17.2. The van der Waals surface area contributed by atoms with Gasteiger partial charge in [-0.15, -0.1) is 0 Å². The van der Waals surface area contributed by atoms with Crippen molar-refractivity contribution in [2.24, 2.45) is 5.41 Å². The van der Waals surface area contributed by atoms with Crippen LogP contribution in [0.2, 0.25) is 0 Å². The Bertz CT molecular complexity index is 979. The molecule has 0 aliphatic carbocycles. The third-order valence-electron chi connectivity index (χ3n) is 7.11. The van der Waals surface area contributed by atoms with Crippen LogP contribution in [-0.2, 0) is 31.9 Å². The molecule has 0 amide bonds. The van der Waals surface area contributed by atoms with Crippen LogP contribution >= 0.6 is 0 Å². The Kier molecular flexibility index (Phi) is 9.81. The van der Waals surface area contributed by atoms with Crippen molar-refractivity contribution in [3.63, 3.8) is 0 Å². The molecule has 6 heteroatoms. The van der Waals surface area contributed by atoms with Gasteiger partial charge in [0.2, 0.25) is 0 Å². The van der Waals surface area contributed by atoms with Gasteiger partial charge in [-0.3, -0.25) is 9.59 Å². The van der Waals surface area contributed by atoms with E-state index in [0.29, 0.717) is 0 Å². The normalized spacial score (nSPS) is 12.1. The van der Waals surface area contributed by atoms with Crippen LogP contribution in [0.5, 0.6) is 11.5 Å². The summed E-state index contributed by atoms with van der Waals surface area (Å²) >= 11 is 0. The monoisotopic (exact) mass is 512 g/mol. The molecule has 0 aliphatic rings. The van der Waals surface area contributed by atoms with Crippen molar-refractivity contribution in [3.05, 3.63) is 57.6 Å². The van der Waals surface area contributed by atoms with Crippen LogP contribution in [0.25, 0.3) is 0 Å². The van der Waals surface area contributed by atoms with Gasteiger partial charge in [-0.25, -0.2) is 0 Å². The molecule has 204 valence electrons. The van der Waals surface area contributed by atoms with Crippen molar-refractivity contribution in [2.45, 2.75) is 91.9 Å². The zero-order valence-corrected chi connectivity index (χ0v) is 24.1. The van der Waals surface area contributed by atoms with E-state index in [1.54, 1.807) is 0 Å². The van der Waals surface area contributed by atoms with Crippen LogP contribution in [0.15, 0.2) is 24.3 Å². The van der Waals surface area contributed by atoms with Crippen LogP contribution < -0.4 is 0 Å². The lowest BCUT2D eigenvalue weighted by molar-refractivity contribution is -0.169. The quantitative estimate of drug-likeness (QED) is 0.271. The molecular formula is C31H44O6. The van der Waals surface area contributed by atoms with E-state index in [9.17, 15) is 19.8 Å². The van der Waals surface area contributed by atoms with Crippen molar-refractivity contribution in [1.29, 1.82) is 0 Å². The second-order valence-corrected chi connectivity index (χ2v) is 11.3. The zero-order valence-electron chi connectivity index (χ0n) is 24.1. The summed E-state index contributed by atoms with van der Waals surface area (Å²) in [7, 11) is 2.54. The van der Waals surface area contributed by atoms with Gasteiger partial charge in [0.25, 0.3) is 0 Å². The number of carbonyl (C=O) groups is 2. The summed E-state index contributed by atoms with van der Waals surface area (Å²) in [6, 6.07) is 7.45. The summed E-state index contributed by atoms with van der Waals surface area (Å²) in [6.07, 6.45) is 0.0853. The van der Waals surface area contributed by atoms with E-state index in [0.717, 1.165) is 33.4 Å². The molecule has 0 saturated heterocycles. The number of ether oxygens (including phenoxy) is 2. The molecule has 0 aromatic heterocycles. The van der Waals surface area contributed by atoms with Crippen LogP contribution in [-0.4, -0.2) is 36.4 Å². The summed E-state index contributed by atoms with van der Waals surface area (Å²) in [4.78, 5) is 26.9. The first-order valence-electron chi connectivity index (χ1n) is 13.1. The average molecular weight is 513 g/mol. The van der Waals surface area contributed by atoms with E-state index >= 15 is 0 Å². The number of esters is 2. The Hall–Kier alpha value is -3.02. The molecule has 2 aromatic carbocycles. The second-order valence-electron chi connectivity index (χ2n) is 11.3. The molecule has 2 N–H and O–H groups in total. The minimum absolute atomic E-state index is 0.0426. The highest BCUT2D eigenvalue weighted by atomic mass is 16.5. The van der Waals surface area contributed by atoms with E-state index in [4.69, 9.17) is 9.47 Å². The van der Waals surface area contributed by atoms with Gasteiger partial charge < -0.3 is 19.7 Å². The fourth-order valence-electron chi connectivity index (χ4n) is 4.98. The van der Waals surface area contributed by atoms with Gasteiger partial charge in [0.15, 0.2) is 5.41 Å². The molecule has 37 heavy (non-hydrogen) atoms. The fraction of sp³-hybridized carbons (Fsp3) is 0.548. The van der Waals surface area contributed by atoms with Crippen LogP contribution in [0.1, 0.15) is 112 Å². The predicted octanol–water partition coefficient (Wildman–Crippen LogP) is 6.71. The highest BCUT2D eigenvalue weighted by Gasteiger charge is 2.49. The predicted molar refractivity (Wildman–Crippen MR) is 146 cm³/mol.